The predicted molar refractivity (Wildman–Crippen MR) is 90.9 cm³/mol. The van der Waals surface area contributed by atoms with Crippen LogP contribution in [-0.4, -0.2) is 46.4 Å². The summed E-state index contributed by atoms with van der Waals surface area (Å²) in [5, 5.41) is 8.00. The minimum absolute atomic E-state index is 0.731. The van der Waals surface area contributed by atoms with E-state index < -0.39 is 0 Å². The molecule has 124 valence electrons. The molecular formula is C18H32N4. The SMILES string of the molecule is C[C@H]1CCC[C@H](N2CCC(NCCCn3cccn3)CC2)C1. The van der Waals surface area contributed by atoms with Gasteiger partial charge in [0.05, 0.1) is 0 Å². The van der Waals surface area contributed by atoms with Gasteiger partial charge >= 0.3 is 0 Å². The lowest BCUT2D eigenvalue weighted by Gasteiger charge is -2.41. The van der Waals surface area contributed by atoms with Crippen molar-refractivity contribution >= 4 is 0 Å². The number of aryl methyl sites for hydroxylation is 1. The van der Waals surface area contributed by atoms with E-state index in [-0.39, 0.29) is 0 Å². The van der Waals surface area contributed by atoms with Gasteiger partial charge in [0.2, 0.25) is 0 Å². The van der Waals surface area contributed by atoms with Crippen LogP contribution in [0.1, 0.15) is 51.9 Å². The number of hydrogen-bond acceptors (Lipinski definition) is 3. The number of nitrogens with one attached hydrogen (secondary N) is 1. The van der Waals surface area contributed by atoms with Crippen LogP contribution in [0.25, 0.3) is 0 Å². The van der Waals surface area contributed by atoms with Crippen LogP contribution >= 0.6 is 0 Å². The summed E-state index contributed by atoms with van der Waals surface area (Å²) in [6, 6.07) is 3.61. The first kappa shape index (κ1) is 16.0. The molecule has 4 heteroatoms. The standard InChI is InChI=1S/C18H32N4/c1-16-5-2-6-18(15-16)21-13-7-17(8-14-21)19-9-3-11-22-12-4-10-20-22/h4,10,12,16-19H,2-3,5-9,11,13-15H2,1H3/t16-,18-/m0/s1. The van der Waals surface area contributed by atoms with Crippen LogP contribution in [0, 0.1) is 5.92 Å². The fourth-order valence-corrected chi connectivity index (χ4v) is 4.18. The minimum Gasteiger partial charge on any atom is -0.314 e. The van der Waals surface area contributed by atoms with Gasteiger partial charge in [-0.05, 0) is 63.7 Å². The van der Waals surface area contributed by atoms with Crippen LogP contribution in [0.5, 0.6) is 0 Å². The van der Waals surface area contributed by atoms with Crippen molar-refractivity contribution in [3.05, 3.63) is 18.5 Å². The number of hydrogen-bond donors (Lipinski definition) is 1. The normalized spacial score (nSPS) is 28.0. The van der Waals surface area contributed by atoms with Crippen LogP contribution in [0.2, 0.25) is 0 Å². The molecule has 1 aliphatic carbocycles. The molecule has 3 rings (SSSR count). The zero-order chi connectivity index (χ0) is 15.2. The van der Waals surface area contributed by atoms with Crippen molar-refractivity contribution in [1.82, 2.24) is 20.0 Å². The Balaban J connectivity index is 1.30. The molecule has 0 unspecified atom stereocenters. The van der Waals surface area contributed by atoms with Gasteiger partial charge in [-0.1, -0.05) is 19.8 Å². The van der Waals surface area contributed by atoms with Gasteiger partial charge in [-0.25, -0.2) is 0 Å². The largest absolute Gasteiger partial charge is 0.314 e. The maximum atomic E-state index is 4.25. The molecule has 1 saturated carbocycles. The number of rotatable bonds is 6. The second kappa shape index (κ2) is 8.11. The first-order valence-electron chi connectivity index (χ1n) is 9.26. The first-order valence-corrected chi connectivity index (χ1v) is 9.26. The fraction of sp³-hybridized carbons (Fsp3) is 0.833. The van der Waals surface area contributed by atoms with E-state index >= 15 is 0 Å². The summed E-state index contributed by atoms with van der Waals surface area (Å²) in [6.07, 6.45) is 13.5. The van der Waals surface area contributed by atoms with Crippen molar-refractivity contribution in [2.75, 3.05) is 19.6 Å². The quantitative estimate of drug-likeness (QED) is 0.820. The average molecular weight is 304 g/mol. The smallest absolute Gasteiger partial charge is 0.0489 e. The molecule has 1 aromatic rings. The van der Waals surface area contributed by atoms with Crippen molar-refractivity contribution in [3.8, 4) is 0 Å². The Morgan fingerprint density at radius 3 is 2.77 bits per heavy atom. The molecule has 1 aromatic heterocycles. The Kier molecular flexibility index (Phi) is 5.90. The lowest BCUT2D eigenvalue weighted by atomic mass is 9.85. The summed E-state index contributed by atoms with van der Waals surface area (Å²) in [5.74, 6) is 0.942. The zero-order valence-corrected chi connectivity index (χ0v) is 14.1. The molecule has 2 fully saturated rings. The van der Waals surface area contributed by atoms with Crippen LogP contribution in [0.4, 0.5) is 0 Å². The van der Waals surface area contributed by atoms with Crippen LogP contribution in [0.15, 0.2) is 18.5 Å². The third kappa shape index (κ3) is 4.56. The average Bonchev–Trinajstić information content (AvgIpc) is 3.06. The topological polar surface area (TPSA) is 33.1 Å². The maximum Gasteiger partial charge on any atom is 0.0489 e. The number of nitrogens with zero attached hydrogens (tertiary/aromatic N) is 3. The van der Waals surface area contributed by atoms with Crippen LogP contribution in [-0.2, 0) is 6.54 Å². The Hall–Kier alpha value is -0.870. The van der Waals surface area contributed by atoms with E-state index in [1.54, 1.807) is 0 Å². The fourth-order valence-electron chi connectivity index (χ4n) is 4.18. The Morgan fingerprint density at radius 2 is 2.05 bits per heavy atom. The molecule has 2 aliphatic rings. The van der Waals surface area contributed by atoms with Crippen LogP contribution < -0.4 is 5.32 Å². The summed E-state index contributed by atoms with van der Waals surface area (Å²) in [5.41, 5.74) is 0. The van der Waals surface area contributed by atoms with Crippen molar-refractivity contribution in [2.45, 2.75) is 70.5 Å². The molecular weight excluding hydrogens is 272 g/mol. The highest BCUT2D eigenvalue weighted by Crippen LogP contribution is 2.29. The van der Waals surface area contributed by atoms with Gasteiger partial charge in [0.15, 0.2) is 0 Å². The third-order valence-corrected chi connectivity index (χ3v) is 5.51. The van der Waals surface area contributed by atoms with Crippen molar-refractivity contribution in [1.29, 1.82) is 0 Å². The summed E-state index contributed by atoms with van der Waals surface area (Å²) >= 11 is 0. The summed E-state index contributed by atoms with van der Waals surface area (Å²) in [4.78, 5) is 2.78. The van der Waals surface area contributed by atoms with E-state index in [4.69, 9.17) is 0 Å². The number of piperidine rings is 1. The Labute approximate surface area is 135 Å². The molecule has 22 heavy (non-hydrogen) atoms. The molecule has 1 aliphatic heterocycles. The molecule has 0 bridgehead atoms. The van der Waals surface area contributed by atoms with Gasteiger partial charge < -0.3 is 10.2 Å². The van der Waals surface area contributed by atoms with Gasteiger partial charge in [-0.2, -0.15) is 5.10 Å². The molecule has 1 N–H and O–H groups in total. The highest BCUT2D eigenvalue weighted by molar-refractivity contribution is 4.84. The van der Waals surface area contributed by atoms with E-state index in [0.29, 0.717) is 0 Å². The number of aromatic nitrogens is 2. The van der Waals surface area contributed by atoms with E-state index in [9.17, 15) is 0 Å². The molecule has 1 saturated heterocycles. The first-order chi connectivity index (χ1) is 10.8. The second-order valence-corrected chi connectivity index (χ2v) is 7.31. The minimum atomic E-state index is 0.731. The molecule has 0 amide bonds. The Morgan fingerprint density at radius 1 is 1.18 bits per heavy atom. The summed E-state index contributed by atoms with van der Waals surface area (Å²) in [6.45, 7) is 7.17. The third-order valence-electron chi connectivity index (χ3n) is 5.51. The van der Waals surface area contributed by atoms with Crippen molar-refractivity contribution in [2.24, 2.45) is 5.92 Å². The van der Waals surface area contributed by atoms with Gasteiger partial charge in [-0.15, -0.1) is 0 Å². The van der Waals surface area contributed by atoms with Gasteiger partial charge in [0.25, 0.3) is 0 Å². The monoisotopic (exact) mass is 304 g/mol. The lowest BCUT2D eigenvalue weighted by Crippen LogP contribution is -2.48. The number of likely N-dealkylation sites (tertiary alicyclic amines) is 1. The lowest BCUT2D eigenvalue weighted by molar-refractivity contribution is 0.100. The van der Waals surface area contributed by atoms with Crippen LogP contribution in [0.3, 0.4) is 0 Å². The molecule has 2 heterocycles. The molecule has 0 radical (unpaired) electrons. The maximum absolute atomic E-state index is 4.25. The van der Waals surface area contributed by atoms with Gasteiger partial charge in [0, 0.05) is 31.0 Å². The zero-order valence-electron chi connectivity index (χ0n) is 14.1. The summed E-state index contributed by atoms with van der Waals surface area (Å²) < 4.78 is 2.02. The highest BCUT2D eigenvalue weighted by Gasteiger charge is 2.27. The van der Waals surface area contributed by atoms with E-state index in [0.717, 1.165) is 31.1 Å². The summed E-state index contributed by atoms with van der Waals surface area (Å²) in [7, 11) is 0. The van der Waals surface area contributed by atoms with Gasteiger partial charge in [0.1, 0.15) is 0 Å². The molecule has 4 nitrogen and oxygen atoms in total. The molecule has 2 atom stereocenters. The molecule has 0 aromatic carbocycles. The Bertz CT molecular complexity index is 409. The van der Waals surface area contributed by atoms with E-state index in [2.05, 4.69) is 22.2 Å². The predicted octanol–water partition coefficient (Wildman–Crippen LogP) is 2.91. The molecule has 0 spiro atoms. The van der Waals surface area contributed by atoms with E-state index in [1.165, 1.54) is 58.0 Å². The van der Waals surface area contributed by atoms with Crippen molar-refractivity contribution < 1.29 is 0 Å². The second-order valence-electron chi connectivity index (χ2n) is 7.31. The van der Waals surface area contributed by atoms with E-state index in [1.807, 2.05) is 23.1 Å². The highest BCUT2D eigenvalue weighted by atomic mass is 15.3. The van der Waals surface area contributed by atoms with Gasteiger partial charge in [-0.3, -0.25) is 4.68 Å². The van der Waals surface area contributed by atoms with Crippen molar-refractivity contribution in [3.63, 3.8) is 0 Å².